The van der Waals surface area contributed by atoms with Crippen LogP contribution < -0.4 is 15.5 Å². The van der Waals surface area contributed by atoms with Crippen molar-refractivity contribution in [3.05, 3.63) is 80.9 Å². The number of hydrogen-bond donors (Lipinski definition) is 2. The van der Waals surface area contributed by atoms with E-state index in [1.165, 1.54) is 14.8 Å². The number of rotatable bonds is 2. The van der Waals surface area contributed by atoms with E-state index in [1.807, 2.05) is 18.2 Å². The van der Waals surface area contributed by atoms with Gasteiger partial charge in [-0.3, -0.25) is 0 Å². The van der Waals surface area contributed by atoms with Gasteiger partial charge in [0.2, 0.25) is 0 Å². The number of para-hydroxylation sites is 2. The fraction of sp³-hybridized carbons (Fsp3) is 0.125. The molecule has 6 nitrogen and oxygen atoms in total. The first-order valence-electron chi connectivity index (χ1n) is 9.83. The standard InChI is InChI=1S/C24H19N3O3Te/c1-24(2)17-10-6-7-11-19(17)27(14-8-4-3-5-9-14)22-18(24)13-15(31-22)12-16-20(28)25-23(30)26-21(16)29/h3-13H,1-2H3,(H2,25,26,28,29,30). The summed E-state index contributed by atoms with van der Waals surface area (Å²) in [5.74, 6) is -1.32. The monoisotopic (exact) mass is 527 g/mol. The maximum absolute atomic E-state index is 12.2. The summed E-state index contributed by atoms with van der Waals surface area (Å²) < 4.78 is 2.23. The van der Waals surface area contributed by atoms with E-state index in [9.17, 15) is 14.4 Å². The predicted octanol–water partition coefficient (Wildman–Crippen LogP) is 3.60. The third-order valence-corrected chi connectivity index (χ3v) is 8.72. The van der Waals surface area contributed by atoms with Crippen molar-refractivity contribution in [1.82, 2.24) is 10.6 Å². The van der Waals surface area contributed by atoms with Crippen molar-refractivity contribution in [2.75, 3.05) is 4.90 Å². The quantitative estimate of drug-likeness (QED) is 0.305. The van der Waals surface area contributed by atoms with Crippen LogP contribution in [0.3, 0.4) is 0 Å². The van der Waals surface area contributed by atoms with Gasteiger partial charge in [-0.25, -0.2) is 0 Å². The Labute approximate surface area is 189 Å². The van der Waals surface area contributed by atoms with Crippen LogP contribution in [0.1, 0.15) is 28.6 Å². The number of imide groups is 2. The number of carbonyl (C=O) groups is 3. The number of carbonyl (C=O) groups excluding carboxylic acids is 3. The summed E-state index contributed by atoms with van der Waals surface area (Å²) in [5.41, 5.74) is 4.44. The molecular formula is C24H19N3O3Te. The molecule has 0 saturated carbocycles. The molecule has 0 bridgehead atoms. The molecule has 31 heavy (non-hydrogen) atoms. The first-order valence-corrected chi connectivity index (χ1v) is 12.2. The van der Waals surface area contributed by atoms with Crippen LogP contribution in [0.5, 0.6) is 0 Å². The number of barbiturate groups is 1. The Morgan fingerprint density at radius 3 is 2.23 bits per heavy atom. The molecule has 4 amide bonds. The van der Waals surface area contributed by atoms with Crippen LogP contribution in [-0.4, -0.2) is 38.3 Å². The number of fused-ring (bicyclic) bond motifs is 2. The molecule has 1 aromatic heterocycles. The van der Waals surface area contributed by atoms with Crippen molar-refractivity contribution < 1.29 is 14.4 Å². The van der Waals surface area contributed by atoms with E-state index >= 15 is 0 Å². The molecule has 7 heteroatoms. The van der Waals surface area contributed by atoms with Gasteiger partial charge in [-0.05, 0) is 0 Å². The van der Waals surface area contributed by atoms with E-state index in [0.717, 1.165) is 15.0 Å². The van der Waals surface area contributed by atoms with Crippen molar-refractivity contribution in [1.29, 1.82) is 0 Å². The average Bonchev–Trinajstić information content (AvgIpc) is 3.16. The van der Waals surface area contributed by atoms with Gasteiger partial charge in [0.25, 0.3) is 0 Å². The van der Waals surface area contributed by atoms with Crippen molar-refractivity contribution in [3.8, 4) is 0 Å². The van der Waals surface area contributed by atoms with Crippen LogP contribution in [0.25, 0.3) is 6.08 Å². The zero-order valence-electron chi connectivity index (χ0n) is 16.9. The Kier molecular flexibility index (Phi) is 4.62. The minimum absolute atomic E-state index is 0.0302. The van der Waals surface area contributed by atoms with Gasteiger partial charge in [0.15, 0.2) is 0 Å². The Bertz CT molecular complexity index is 1250. The van der Waals surface area contributed by atoms with Crippen LogP contribution in [-0.2, 0) is 15.0 Å². The zero-order chi connectivity index (χ0) is 21.8. The van der Waals surface area contributed by atoms with E-state index in [-0.39, 0.29) is 11.0 Å². The maximum atomic E-state index is 12.2. The fourth-order valence-corrected chi connectivity index (χ4v) is 7.82. The van der Waals surface area contributed by atoms with Crippen molar-refractivity contribution in [3.63, 3.8) is 0 Å². The SMILES string of the molecule is CC1(C)c2ccccc2N(c2ccccc2)c2[te]c(C=C3C(=O)NC(=O)NC3=O)cc21. The number of anilines is 3. The summed E-state index contributed by atoms with van der Waals surface area (Å²) >= 11 is -0.894. The van der Waals surface area contributed by atoms with E-state index in [2.05, 4.69) is 71.8 Å². The van der Waals surface area contributed by atoms with Crippen molar-refractivity contribution in [2.24, 2.45) is 0 Å². The van der Waals surface area contributed by atoms with Gasteiger partial charge in [0, 0.05) is 0 Å². The molecular weight excluding hydrogens is 506 g/mol. The van der Waals surface area contributed by atoms with Gasteiger partial charge in [-0.2, -0.15) is 0 Å². The van der Waals surface area contributed by atoms with Crippen LogP contribution in [0.2, 0.25) is 0 Å². The van der Waals surface area contributed by atoms with Gasteiger partial charge in [0.05, 0.1) is 0 Å². The molecule has 0 atom stereocenters. The topological polar surface area (TPSA) is 78.5 Å². The molecule has 3 heterocycles. The van der Waals surface area contributed by atoms with E-state index < -0.39 is 38.3 Å². The summed E-state index contributed by atoms with van der Waals surface area (Å²) in [6.07, 6.45) is 1.64. The summed E-state index contributed by atoms with van der Waals surface area (Å²) in [6.45, 7) is 4.42. The molecule has 1 saturated heterocycles. The molecule has 2 aromatic carbocycles. The predicted molar refractivity (Wildman–Crippen MR) is 120 cm³/mol. The van der Waals surface area contributed by atoms with Gasteiger partial charge < -0.3 is 0 Å². The van der Waals surface area contributed by atoms with Crippen LogP contribution in [0, 0.1) is 0 Å². The summed E-state index contributed by atoms with van der Waals surface area (Å²) in [4.78, 5) is 38.1. The zero-order valence-corrected chi connectivity index (χ0v) is 19.3. The number of hydrogen-bond acceptors (Lipinski definition) is 4. The van der Waals surface area contributed by atoms with Crippen LogP contribution in [0.15, 0.2) is 66.2 Å². The molecule has 5 rings (SSSR count). The summed E-state index contributed by atoms with van der Waals surface area (Å²) in [5, 5.41) is 4.29. The number of benzene rings is 2. The Morgan fingerprint density at radius 1 is 0.871 bits per heavy atom. The number of amides is 4. The van der Waals surface area contributed by atoms with E-state index in [0.29, 0.717) is 0 Å². The molecule has 2 aliphatic rings. The third-order valence-electron chi connectivity index (χ3n) is 5.67. The average molecular weight is 525 g/mol. The van der Waals surface area contributed by atoms with Crippen molar-refractivity contribution in [2.45, 2.75) is 19.3 Å². The van der Waals surface area contributed by atoms with Gasteiger partial charge in [-0.15, -0.1) is 0 Å². The first-order chi connectivity index (χ1) is 14.9. The normalized spacial score (nSPS) is 16.9. The van der Waals surface area contributed by atoms with Gasteiger partial charge in [-0.1, -0.05) is 0 Å². The second-order valence-corrected chi connectivity index (χ2v) is 11.0. The third kappa shape index (κ3) is 3.21. The molecule has 0 spiro atoms. The van der Waals surface area contributed by atoms with Crippen LogP contribution >= 0.6 is 0 Å². The number of urea groups is 1. The molecule has 0 radical (unpaired) electrons. The number of nitrogens with zero attached hydrogens (tertiary/aromatic N) is 1. The Balaban J connectivity index is 1.69. The van der Waals surface area contributed by atoms with Crippen LogP contribution in [0.4, 0.5) is 19.9 Å². The first kappa shape index (κ1) is 19.8. The molecule has 0 aliphatic carbocycles. The van der Waals surface area contributed by atoms with E-state index in [4.69, 9.17) is 0 Å². The van der Waals surface area contributed by atoms with Gasteiger partial charge >= 0.3 is 190 Å². The molecule has 1 fully saturated rings. The van der Waals surface area contributed by atoms with E-state index in [1.54, 1.807) is 6.08 Å². The molecule has 2 N–H and O–H groups in total. The second kappa shape index (κ2) is 7.23. The van der Waals surface area contributed by atoms with Gasteiger partial charge in [0.1, 0.15) is 0 Å². The Hall–Kier alpha value is -3.14. The molecule has 154 valence electrons. The fourth-order valence-electron chi connectivity index (χ4n) is 4.12. The number of nitrogens with one attached hydrogen (secondary N) is 2. The summed E-state index contributed by atoms with van der Waals surface area (Å²) in [7, 11) is 0. The summed E-state index contributed by atoms with van der Waals surface area (Å²) in [6, 6.07) is 20.0. The molecule has 3 aromatic rings. The molecule has 2 aliphatic heterocycles. The minimum atomic E-state index is -0.894. The molecule has 0 unspecified atom stereocenters. The Morgan fingerprint density at radius 2 is 1.52 bits per heavy atom. The second-order valence-electron chi connectivity index (χ2n) is 7.98. The van der Waals surface area contributed by atoms with Crippen molar-refractivity contribution >= 4 is 59.4 Å².